The summed E-state index contributed by atoms with van der Waals surface area (Å²) in [5.74, 6) is 0.315. The van der Waals surface area contributed by atoms with E-state index in [9.17, 15) is 14.4 Å². The first-order chi connectivity index (χ1) is 12.9. The van der Waals surface area contributed by atoms with Crippen molar-refractivity contribution in [2.45, 2.75) is 52.1 Å². The minimum absolute atomic E-state index is 0.0185. The van der Waals surface area contributed by atoms with Gasteiger partial charge in [-0.1, -0.05) is 6.42 Å². The van der Waals surface area contributed by atoms with E-state index in [1.165, 1.54) is 4.90 Å². The van der Waals surface area contributed by atoms with Crippen molar-refractivity contribution >= 4 is 22.7 Å². The van der Waals surface area contributed by atoms with Crippen LogP contribution in [0.4, 0.5) is 0 Å². The van der Waals surface area contributed by atoms with Crippen LogP contribution in [0.2, 0.25) is 0 Å². The Kier molecular flexibility index (Phi) is 5.58. The Morgan fingerprint density at radius 1 is 1.26 bits per heavy atom. The van der Waals surface area contributed by atoms with Gasteiger partial charge in [-0.3, -0.25) is 19.0 Å². The van der Waals surface area contributed by atoms with Crippen LogP contribution in [0.1, 0.15) is 49.3 Å². The van der Waals surface area contributed by atoms with E-state index in [0.717, 1.165) is 31.5 Å². The van der Waals surface area contributed by atoms with Gasteiger partial charge in [-0.25, -0.2) is 4.98 Å². The lowest BCUT2D eigenvalue weighted by molar-refractivity contribution is -0.122. The van der Waals surface area contributed by atoms with Crippen molar-refractivity contribution in [2.75, 3.05) is 13.6 Å². The fourth-order valence-electron chi connectivity index (χ4n) is 3.43. The van der Waals surface area contributed by atoms with Crippen LogP contribution in [0.5, 0.6) is 0 Å². The third kappa shape index (κ3) is 4.18. The van der Waals surface area contributed by atoms with Crippen LogP contribution < -0.4 is 10.9 Å². The molecular weight excluding hydrogens is 344 g/mol. The minimum atomic E-state index is -0.271. The Hall–Kier alpha value is -2.70. The van der Waals surface area contributed by atoms with Crippen molar-refractivity contribution in [2.24, 2.45) is 0 Å². The number of hydrogen-bond donors (Lipinski definition) is 1. The summed E-state index contributed by atoms with van der Waals surface area (Å²) in [6.07, 6.45) is 3.87. The number of aryl methyl sites for hydroxylation is 1. The first kappa shape index (κ1) is 19.1. The van der Waals surface area contributed by atoms with Crippen LogP contribution >= 0.6 is 0 Å². The molecule has 27 heavy (non-hydrogen) atoms. The predicted molar refractivity (Wildman–Crippen MR) is 104 cm³/mol. The Morgan fingerprint density at radius 2 is 2.04 bits per heavy atom. The van der Waals surface area contributed by atoms with E-state index in [0.29, 0.717) is 23.0 Å². The highest BCUT2D eigenvalue weighted by Crippen LogP contribution is 2.17. The lowest BCUT2D eigenvalue weighted by Crippen LogP contribution is -2.40. The van der Waals surface area contributed by atoms with Crippen molar-refractivity contribution in [3.8, 4) is 0 Å². The summed E-state index contributed by atoms with van der Waals surface area (Å²) in [4.78, 5) is 43.3. The lowest BCUT2D eigenvalue weighted by Gasteiger charge is -2.18. The molecule has 3 rings (SSSR count). The molecule has 1 N–H and O–H groups in total. The van der Waals surface area contributed by atoms with E-state index >= 15 is 0 Å². The Labute approximate surface area is 158 Å². The van der Waals surface area contributed by atoms with E-state index in [1.807, 2.05) is 13.8 Å². The van der Waals surface area contributed by atoms with Crippen molar-refractivity contribution in [1.29, 1.82) is 0 Å². The van der Waals surface area contributed by atoms with E-state index in [2.05, 4.69) is 10.3 Å². The number of benzene rings is 1. The third-order valence-corrected chi connectivity index (χ3v) is 4.74. The molecule has 0 atom stereocenters. The molecule has 0 fully saturated rings. The first-order valence-corrected chi connectivity index (χ1v) is 9.45. The summed E-state index contributed by atoms with van der Waals surface area (Å²) in [6.45, 7) is 4.42. The Morgan fingerprint density at radius 3 is 2.78 bits per heavy atom. The van der Waals surface area contributed by atoms with E-state index < -0.39 is 0 Å². The SMILES string of the molecule is CC(C)NC(=O)CN(C)C(=O)c1ccc2c(=O)n3c(nc2c1)CCCCC3. The number of carbonyl (C=O) groups excluding carboxylic acids is 2. The van der Waals surface area contributed by atoms with Crippen LogP contribution in [-0.2, 0) is 17.8 Å². The normalized spacial score (nSPS) is 13.9. The topological polar surface area (TPSA) is 84.3 Å². The van der Waals surface area contributed by atoms with Gasteiger partial charge in [-0.2, -0.15) is 0 Å². The van der Waals surface area contributed by atoms with Gasteiger partial charge in [0.15, 0.2) is 0 Å². The number of fused-ring (bicyclic) bond motifs is 2. The maximum atomic E-state index is 12.8. The van der Waals surface area contributed by atoms with Crippen molar-refractivity contribution < 1.29 is 9.59 Å². The Balaban J connectivity index is 1.89. The molecule has 7 heteroatoms. The monoisotopic (exact) mass is 370 g/mol. The number of aromatic nitrogens is 2. The molecule has 144 valence electrons. The molecule has 1 aliphatic heterocycles. The molecule has 1 aromatic heterocycles. The molecule has 0 saturated heterocycles. The fraction of sp³-hybridized carbons (Fsp3) is 0.500. The average molecular weight is 370 g/mol. The number of nitrogens with zero attached hydrogens (tertiary/aromatic N) is 3. The molecule has 1 aliphatic rings. The summed E-state index contributed by atoms with van der Waals surface area (Å²) in [5.41, 5.74) is 0.924. The summed E-state index contributed by atoms with van der Waals surface area (Å²) < 4.78 is 1.76. The quantitative estimate of drug-likeness (QED) is 0.888. The van der Waals surface area contributed by atoms with E-state index in [1.54, 1.807) is 29.8 Å². The molecular formula is C20H26N4O3. The van der Waals surface area contributed by atoms with E-state index in [4.69, 9.17) is 0 Å². The summed E-state index contributed by atoms with van der Waals surface area (Å²) in [7, 11) is 1.59. The number of carbonyl (C=O) groups is 2. The zero-order valence-electron chi connectivity index (χ0n) is 16.1. The number of rotatable bonds is 4. The molecule has 0 aliphatic carbocycles. The van der Waals surface area contributed by atoms with Crippen molar-refractivity contribution in [3.63, 3.8) is 0 Å². The van der Waals surface area contributed by atoms with Crippen LogP contribution in [0.3, 0.4) is 0 Å². The van der Waals surface area contributed by atoms with Crippen LogP contribution in [0, 0.1) is 0 Å². The molecule has 1 aromatic carbocycles. The maximum Gasteiger partial charge on any atom is 0.261 e. The standard InChI is InChI=1S/C20H26N4O3/c1-13(2)21-18(25)12-23(3)19(26)14-8-9-15-16(11-14)22-17-7-5-4-6-10-24(17)20(15)27/h8-9,11,13H,4-7,10,12H2,1-3H3,(H,21,25). The molecule has 0 spiro atoms. The molecule has 2 heterocycles. The summed E-state index contributed by atoms with van der Waals surface area (Å²) in [6, 6.07) is 4.97. The fourth-order valence-corrected chi connectivity index (χ4v) is 3.43. The molecule has 0 unspecified atom stereocenters. The number of nitrogens with one attached hydrogen (secondary N) is 1. The zero-order valence-corrected chi connectivity index (χ0v) is 16.1. The highest BCUT2D eigenvalue weighted by molar-refractivity contribution is 5.99. The molecule has 2 amide bonds. The van der Waals surface area contributed by atoms with Crippen LogP contribution in [-0.4, -0.2) is 45.9 Å². The van der Waals surface area contributed by atoms with E-state index in [-0.39, 0.29) is 30.0 Å². The van der Waals surface area contributed by atoms with Crippen molar-refractivity contribution in [1.82, 2.24) is 19.8 Å². The summed E-state index contributed by atoms with van der Waals surface area (Å²) in [5, 5.41) is 3.29. The Bertz CT molecular complexity index is 933. The number of amides is 2. The second-order valence-electron chi connectivity index (χ2n) is 7.41. The highest BCUT2D eigenvalue weighted by Gasteiger charge is 2.18. The number of hydrogen-bond acceptors (Lipinski definition) is 4. The molecule has 7 nitrogen and oxygen atoms in total. The predicted octanol–water partition coefficient (Wildman–Crippen LogP) is 1.72. The van der Waals surface area contributed by atoms with Crippen LogP contribution in [0.15, 0.2) is 23.0 Å². The molecule has 0 saturated carbocycles. The van der Waals surface area contributed by atoms with Gasteiger partial charge >= 0.3 is 0 Å². The smallest absolute Gasteiger partial charge is 0.261 e. The highest BCUT2D eigenvalue weighted by atomic mass is 16.2. The second-order valence-corrected chi connectivity index (χ2v) is 7.41. The van der Waals surface area contributed by atoms with Gasteiger partial charge in [-0.15, -0.1) is 0 Å². The van der Waals surface area contributed by atoms with Crippen molar-refractivity contribution in [3.05, 3.63) is 39.9 Å². The minimum Gasteiger partial charge on any atom is -0.352 e. The van der Waals surface area contributed by atoms with Gasteiger partial charge in [0, 0.05) is 31.6 Å². The van der Waals surface area contributed by atoms with Gasteiger partial charge in [0.2, 0.25) is 5.91 Å². The number of likely N-dealkylation sites (N-methyl/N-ethyl adjacent to an activating group) is 1. The van der Waals surface area contributed by atoms with Gasteiger partial charge in [0.1, 0.15) is 5.82 Å². The van der Waals surface area contributed by atoms with Crippen LogP contribution in [0.25, 0.3) is 10.9 Å². The maximum absolute atomic E-state index is 12.8. The third-order valence-electron chi connectivity index (χ3n) is 4.74. The molecule has 0 bridgehead atoms. The first-order valence-electron chi connectivity index (χ1n) is 9.45. The van der Waals surface area contributed by atoms with Gasteiger partial charge in [0.05, 0.1) is 17.4 Å². The van der Waals surface area contributed by atoms with Gasteiger partial charge < -0.3 is 10.2 Å². The summed E-state index contributed by atoms with van der Waals surface area (Å²) >= 11 is 0. The average Bonchev–Trinajstić information content (AvgIpc) is 2.85. The molecule has 0 radical (unpaired) electrons. The zero-order chi connectivity index (χ0) is 19.6. The van der Waals surface area contributed by atoms with Gasteiger partial charge in [-0.05, 0) is 44.9 Å². The second kappa shape index (κ2) is 7.90. The van der Waals surface area contributed by atoms with Gasteiger partial charge in [0.25, 0.3) is 11.5 Å². The molecule has 2 aromatic rings. The lowest BCUT2D eigenvalue weighted by atomic mass is 10.1. The largest absolute Gasteiger partial charge is 0.352 e.